The van der Waals surface area contributed by atoms with Crippen molar-refractivity contribution in [2.24, 2.45) is 0 Å². The van der Waals surface area contributed by atoms with Gasteiger partial charge in [0.25, 0.3) is 0 Å². The van der Waals surface area contributed by atoms with Gasteiger partial charge < -0.3 is 19.1 Å². The van der Waals surface area contributed by atoms with Gasteiger partial charge in [0.2, 0.25) is 0 Å². The zero-order valence-corrected chi connectivity index (χ0v) is 34.8. The molecule has 1 aromatic heterocycles. The number of ether oxygens (including phenoxy) is 1. The molecule has 278 valence electrons. The van der Waals surface area contributed by atoms with Gasteiger partial charge in [0.1, 0.15) is 0 Å². The Kier molecular flexibility index (Phi) is 9.67. The second-order valence-electron chi connectivity index (χ2n) is 16.3. The molecule has 0 atom stereocenters. The van der Waals surface area contributed by atoms with Gasteiger partial charge >= 0.3 is 21.1 Å². The first-order valence-electron chi connectivity index (χ1n) is 18.9. The topological polar surface area (TPSA) is 20.6 Å². The average Bonchev–Trinajstić information content (AvgIpc) is 3.73. The van der Waals surface area contributed by atoms with Crippen LogP contribution in [0.3, 0.4) is 0 Å². The minimum atomic E-state index is -0.0903. The summed E-state index contributed by atoms with van der Waals surface area (Å²) < 4.78 is 8.85. The smallest absolute Gasteiger partial charge is 0.509 e. The number of para-hydroxylation sites is 4. The number of hydrogen-bond donors (Lipinski definition) is 0. The van der Waals surface area contributed by atoms with Crippen LogP contribution in [-0.2, 0) is 31.9 Å². The average molecular weight is 909 g/mol. The maximum Gasteiger partial charge on any atom is 4.00 e. The summed E-state index contributed by atoms with van der Waals surface area (Å²) in [5.41, 5.74) is 12.1. The van der Waals surface area contributed by atoms with E-state index in [2.05, 4.69) is 202 Å². The minimum Gasteiger partial charge on any atom is -0.509 e. The fourth-order valence-electron chi connectivity index (χ4n) is 7.73. The number of aromatic nitrogens is 1. The Hall–Kier alpha value is -5.57. The molecule has 0 saturated carbocycles. The van der Waals surface area contributed by atoms with Gasteiger partial charge in [0.05, 0.1) is 0 Å². The van der Waals surface area contributed by atoms with Crippen molar-refractivity contribution in [3.8, 4) is 28.3 Å². The summed E-state index contributed by atoms with van der Waals surface area (Å²) in [4.78, 5) is 4.55. The number of fused-ring (bicyclic) bond motifs is 4. The molecule has 0 fully saturated rings. The van der Waals surface area contributed by atoms with E-state index in [1.807, 2.05) is 24.3 Å². The second-order valence-corrected chi connectivity index (χ2v) is 16.3. The summed E-state index contributed by atoms with van der Waals surface area (Å²) in [6.45, 7) is 15.8. The third-order valence-electron chi connectivity index (χ3n) is 10.5. The van der Waals surface area contributed by atoms with Crippen molar-refractivity contribution >= 4 is 44.6 Å². The van der Waals surface area contributed by atoms with Crippen LogP contribution in [0, 0.1) is 24.9 Å². The van der Waals surface area contributed by atoms with Crippen LogP contribution >= 0.6 is 0 Å². The number of nitrogens with zero attached hydrogens (tertiary/aromatic N) is 3. The van der Waals surface area contributed by atoms with Crippen LogP contribution in [0.1, 0.15) is 52.7 Å². The van der Waals surface area contributed by atoms with Crippen LogP contribution in [0.2, 0.25) is 0 Å². The molecule has 7 aromatic carbocycles. The number of hydrogen-bond acceptors (Lipinski definition) is 3. The third kappa shape index (κ3) is 6.71. The van der Waals surface area contributed by atoms with E-state index in [1.54, 1.807) is 0 Å². The zero-order valence-electron chi connectivity index (χ0n) is 32.5. The maximum absolute atomic E-state index is 6.60. The summed E-state index contributed by atoms with van der Waals surface area (Å²) >= 11 is 0. The molecule has 56 heavy (non-hydrogen) atoms. The molecule has 1 aliphatic heterocycles. The third-order valence-corrected chi connectivity index (χ3v) is 10.5. The zero-order chi connectivity index (χ0) is 37.9. The molecule has 0 spiro atoms. The number of benzene rings is 7. The largest absolute Gasteiger partial charge is 4.00 e. The molecule has 8 aromatic rings. The Morgan fingerprint density at radius 1 is 0.571 bits per heavy atom. The molecule has 4 nitrogen and oxygen atoms in total. The predicted octanol–water partition coefficient (Wildman–Crippen LogP) is 13.6. The molecule has 5 heteroatoms. The van der Waals surface area contributed by atoms with Crippen molar-refractivity contribution in [2.75, 3.05) is 9.80 Å². The van der Waals surface area contributed by atoms with Gasteiger partial charge in [-0.05, 0) is 45.5 Å². The summed E-state index contributed by atoms with van der Waals surface area (Å²) in [7, 11) is 0. The predicted molar refractivity (Wildman–Crippen MR) is 228 cm³/mol. The van der Waals surface area contributed by atoms with E-state index in [9.17, 15) is 0 Å². The van der Waals surface area contributed by atoms with Crippen LogP contribution < -0.4 is 14.5 Å². The van der Waals surface area contributed by atoms with Crippen molar-refractivity contribution in [1.29, 1.82) is 0 Å². The van der Waals surface area contributed by atoms with E-state index in [1.165, 1.54) is 33.3 Å². The van der Waals surface area contributed by atoms with E-state index in [4.69, 9.17) is 4.74 Å². The molecular weight excluding hydrogens is 866 g/mol. The summed E-state index contributed by atoms with van der Waals surface area (Å²) in [6.07, 6.45) is 0. The van der Waals surface area contributed by atoms with Gasteiger partial charge in [-0.15, -0.1) is 54.1 Å². The Morgan fingerprint density at radius 3 is 2.04 bits per heavy atom. The van der Waals surface area contributed by atoms with Crippen molar-refractivity contribution in [3.63, 3.8) is 0 Å². The van der Waals surface area contributed by atoms with Crippen molar-refractivity contribution < 1.29 is 25.8 Å². The van der Waals surface area contributed by atoms with E-state index in [0.717, 1.165) is 39.2 Å². The second kappa shape index (κ2) is 14.5. The molecule has 0 N–H and O–H groups in total. The van der Waals surface area contributed by atoms with E-state index < -0.39 is 0 Å². The Balaban J connectivity index is 0.00000441. The van der Waals surface area contributed by atoms with Gasteiger partial charge in [-0.3, -0.25) is 0 Å². The summed E-state index contributed by atoms with van der Waals surface area (Å²) in [6, 6.07) is 61.8. The van der Waals surface area contributed by atoms with Gasteiger partial charge in [-0.2, -0.15) is 35.9 Å². The molecule has 0 saturated heterocycles. The quantitative estimate of drug-likeness (QED) is 0.155. The van der Waals surface area contributed by atoms with Gasteiger partial charge in [0, 0.05) is 39.6 Å². The molecule has 0 radical (unpaired) electrons. The van der Waals surface area contributed by atoms with Crippen LogP contribution in [0.4, 0.5) is 22.7 Å². The molecule has 9 rings (SSSR count). The first-order valence-corrected chi connectivity index (χ1v) is 18.9. The summed E-state index contributed by atoms with van der Waals surface area (Å²) in [5, 5.41) is 2.28. The van der Waals surface area contributed by atoms with Crippen LogP contribution in [0.15, 0.2) is 146 Å². The molecule has 0 bridgehead atoms. The Morgan fingerprint density at radius 2 is 1.27 bits per heavy atom. The van der Waals surface area contributed by atoms with Crippen molar-refractivity contribution in [1.82, 2.24) is 4.57 Å². The molecule has 1 aliphatic rings. The first kappa shape index (κ1) is 37.4. The van der Waals surface area contributed by atoms with Crippen LogP contribution in [0.25, 0.3) is 38.6 Å². The van der Waals surface area contributed by atoms with Crippen molar-refractivity contribution in [2.45, 2.75) is 52.4 Å². The maximum atomic E-state index is 6.60. The standard InChI is InChI=1S/C51H43N3O.Pt/c1-50(2,3)36-19-14-21-38(31-36)54-45-26-11-10-23-42(45)43-30-29-40(33-48(43)54)55-39-22-15-20-37(32-39)52-34-53(47-28-13-12-27-46(47)52)49-41(35-17-8-7-9-18-35)24-16-25-44(49)51(4,5)6;/h7-20,22-31,34H,1-6H3;/q-4;+4. The molecular formula is C51H43N3OPt. The number of rotatable bonds is 6. The SMILES string of the molecule is CC(C)(C)c1cc[c-]c(-n2c3[c-]c(Oc4[c-]c(N5[CH-]N(c6c(-c7ccccc7)cccc6C(C)(C)C)c6ccccc65)ccc4)ccc3c3ccccc32)c1.[Pt+4]. The van der Waals surface area contributed by atoms with E-state index in [-0.39, 0.29) is 31.9 Å². The minimum absolute atomic E-state index is 0. The van der Waals surface area contributed by atoms with Crippen molar-refractivity contribution in [3.05, 3.63) is 182 Å². The summed E-state index contributed by atoms with van der Waals surface area (Å²) in [5.74, 6) is 1.23. The van der Waals surface area contributed by atoms with Crippen LogP contribution in [-0.4, -0.2) is 4.57 Å². The normalized spacial score (nSPS) is 12.9. The van der Waals surface area contributed by atoms with Gasteiger partial charge in [-0.1, -0.05) is 132 Å². The molecule has 2 heterocycles. The number of anilines is 4. The van der Waals surface area contributed by atoms with Crippen LogP contribution in [0.5, 0.6) is 11.5 Å². The molecule has 0 amide bonds. The Bertz CT molecular complexity index is 2700. The fraction of sp³-hybridized carbons (Fsp3) is 0.157. The molecule has 0 aliphatic carbocycles. The molecule has 0 unspecified atom stereocenters. The first-order chi connectivity index (χ1) is 26.5. The fourth-order valence-corrected chi connectivity index (χ4v) is 7.73. The van der Waals surface area contributed by atoms with Gasteiger partial charge in [-0.25, -0.2) is 0 Å². The van der Waals surface area contributed by atoms with E-state index >= 15 is 0 Å². The van der Waals surface area contributed by atoms with Gasteiger partial charge in [0.15, 0.2) is 0 Å². The monoisotopic (exact) mass is 908 g/mol. The Labute approximate surface area is 345 Å². The van der Waals surface area contributed by atoms with E-state index in [0.29, 0.717) is 11.5 Å².